The van der Waals surface area contributed by atoms with Crippen molar-refractivity contribution in [2.45, 2.75) is 89.6 Å². The van der Waals surface area contributed by atoms with E-state index in [0.29, 0.717) is 25.7 Å². The molecule has 5 rings (SSSR count). The van der Waals surface area contributed by atoms with Crippen LogP contribution in [0.15, 0.2) is 48.1 Å². The van der Waals surface area contributed by atoms with Gasteiger partial charge < -0.3 is 20.1 Å². The number of carbonyl (C=O) groups is 1. The van der Waals surface area contributed by atoms with E-state index in [1.54, 1.807) is 13.0 Å². The minimum Gasteiger partial charge on any atom is -0.458 e. The summed E-state index contributed by atoms with van der Waals surface area (Å²) in [5, 5.41) is 33.5. The van der Waals surface area contributed by atoms with Gasteiger partial charge in [0.25, 0.3) is 0 Å². The maximum atomic E-state index is 13.1. The molecule has 0 aliphatic heterocycles. The van der Waals surface area contributed by atoms with Crippen molar-refractivity contribution in [2.75, 3.05) is 0 Å². The van der Waals surface area contributed by atoms with Crippen LogP contribution in [0.25, 0.3) is 6.08 Å². The van der Waals surface area contributed by atoms with Gasteiger partial charge in [-0.25, -0.2) is 4.79 Å². The Bertz CT molecular complexity index is 1010. The van der Waals surface area contributed by atoms with Crippen molar-refractivity contribution in [3.63, 3.8) is 0 Å². The Morgan fingerprint density at radius 3 is 2.60 bits per heavy atom. The zero-order chi connectivity index (χ0) is 25.0. The molecule has 4 aliphatic carbocycles. The molecule has 0 radical (unpaired) electrons. The Labute approximate surface area is 208 Å². The number of aliphatic hydroxyl groups is 3. The molecule has 3 saturated carbocycles. The number of esters is 1. The third kappa shape index (κ3) is 3.82. The van der Waals surface area contributed by atoms with E-state index >= 15 is 0 Å². The van der Waals surface area contributed by atoms with Gasteiger partial charge in [-0.15, -0.1) is 0 Å². The van der Waals surface area contributed by atoms with Crippen molar-refractivity contribution < 1.29 is 24.9 Å². The van der Waals surface area contributed by atoms with Gasteiger partial charge in [-0.05, 0) is 86.7 Å². The summed E-state index contributed by atoms with van der Waals surface area (Å²) in [6, 6.07) is 9.65. The number of carbonyl (C=O) groups excluding carboxylic acids is 1. The lowest BCUT2D eigenvalue weighted by Crippen LogP contribution is -2.67. The number of hydrogen-bond acceptors (Lipinski definition) is 5. The molecule has 35 heavy (non-hydrogen) atoms. The fraction of sp³-hybridized carbons (Fsp3) is 0.633. The molecule has 190 valence electrons. The number of aliphatic hydroxyl groups excluding tert-OH is 2. The van der Waals surface area contributed by atoms with Crippen molar-refractivity contribution in [1.82, 2.24) is 0 Å². The highest BCUT2D eigenvalue weighted by Crippen LogP contribution is 2.68. The van der Waals surface area contributed by atoms with Crippen LogP contribution in [0.5, 0.6) is 0 Å². The highest BCUT2D eigenvalue weighted by atomic mass is 16.5. The molecule has 0 amide bonds. The number of fused-ring (bicyclic) bond motifs is 5. The second kappa shape index (κ2) is 8.86. The summed E-state index contributed by atoms with van der Waals surface area (Å²) in [5.41, 5.74) is 0.353. The van der Waals surface area contributed by atoms with Crippen LogP contribution in [0.3, 0.4) is 0 Å². The maximum absolute atomic E-state index is 13.1. The number of allylic oxidation sites excluding steroid dienone is 1. The second-order valence-corrected chi connectivity index (χ2v) is 12.0. The van der Waals surface area contributed by atoms with E-state index in [-0.39, 0.29) is 29.3 Å². The van der Waals surface area contributed by atoms with E-state index in [1.165, 1.54) is 11.6 Å². The SMILES string of the molecule is C[C@H](O)[C@@H]1CC[C@]2(O)[C@@H]3CC=C4C[C@@H](O)CC[C@]4(C)[C@H]3C[C@@H](OC(=O)/C=C/c3ccccc3)[C@]12C. The zero-order valence-corrected chi connectivity index (χ0v) is 21.2. The average Bonchev–Trinajstić information content (AvgIpc) is 3.12. The predicted molar refractivity (Wildman–Crippen MR) is 135 cm³/mol. The van der Waals surface area contributed by atoms with E-state index < -0.39 is 29.2 Å². The monoisotopic (exact) mass is 480 g/mol. The van der Waals surface area contributed by atoms with Crippen LogP contribution < -0.4 is 0 Å². The molecule has 5 nitrogen and oxygen atoms in total. The van der Waals surface area contributed by atoms with E-state index in [1.807, 2.05) is 37.3 Å². The topological polar surface area (TPSA) is 87.0 Å². The first-order valence-corrected chi connectivity index (χ1v) is 13.3. The van der Waals surface area contributed by atoms with Crippen LogP contribution in [0.2, 0.25) is 0 Å². The van der Waals surface area contributed by atoms with Crippen LogP contribution >= 0.6 is 0 Å². The van der Waals surface area contributed by atoms with Gasteiger partial charge in [0, 0.05) is 11.5 Å². The Kier molecular flexibility index (Phi) is 6.26. The molecule has 0 bridgehead atoms. The van der Waals surface area contributed by atoms with Crippen LogP contribution in [0, 0.1) is 28.6 Å². The van der Waals surface area contributed by atoms with E-state index in [9.17, 15) is 20.1 Å². The van der Waals surface area contributed by atoms with Gasteiger partial charge in [0.2, 0.25) is 0 Å². The van der Waals surface area contributed by atoms with Crippen molar-refractivity contribution >= 4 is 12.0 Å². The summed E-state index contributed by atoms with van der Waals surface area (Å²) in [6.45, 7) is 6.12. The van der Waals surface area contributed by atoms with E-state index in [2.05, 4.69) is 13.0 Å². The van der Waals surface area contributed by atoms with Gasteiger partial charge in [0.05, 0.1) is 17.8 Å². The second-order valence-electron chi connectivity index (χ2n) is 12.0. The van der Waals surface area contributed by atoms with E-state index in [0.717, 1.165) is 24.8 Å². The highest BCUT2D eigenvalue weighted by Gasteiger charge is 2.71. The largest absolute Gasteiger partial charge is 0.458 e. The maximum Gasteiger partial charge on any atom is 0.331 e. The molecule has 5 heteroatoms. The summed E-state index contributed by atoms with van der Waals surface area (Å²) < 4.78 is 6.20. The van der Waals surface area contributed by atoms with Crippen LogP contribution in [-0.2, 0) is 9.53 Å². The molecule has 3 N–H and O–H groups in total. The quantitative estimate of drug-likeness (QED) is 0.332. The molecule has 0 heterocycles. The molecule has 4 aliphatic rings. The lowest BCUT2D eigenvalue weighted by molar-refractivity contribution is -0.239. The smallest absolute Gasteiger partial charge is 0.331 e. The summed E-state index contributed by atoms with van der Waals surface area (Å²) in [7, 11) is 0. The third-order valence-corrected chi connectivity index (χ3v) is 10.5. The van der Waals surface area contributed by atoms with Crippen LogP contribution in [0.4, 0.5) is 0 Å². The van der Waals surface area contributed by atoms with Gasteiger partial charge in [0.15, 0.2) is 0 Å². The standard InChI is InChI=1S/C30H40O5/c1-19(31)23-14-16-30(34)24-11-10-21-17-22(32)13-15-28(21,2)25(24)18-26(29(23,30)3)35-27(33)12-9-20-7-5-4-6-8-20/h4-10,12,19,22-26,31-32,34H,11,13-18H2,1-3H3/b12-9+/t19-,22-,23-,24+,25-,26+,28-,29-,30-/m0/s1. The molecule has 1 aromatic carbocycles. The first-order valence-electron chi connectivity index (χ1n) is 13.3. The zero-order valence-electron chi connectivity index (χ0n) is 21.2. The first kappa shape index (κ1) is 24.7. The fourth-order valence-corrected chi connectivity index (χ4v) is 8.45. The van der Waals surface area contributed by atoms with Crippen molar-refractivity contribution in [1.29, 1.82) is 0 Å². The predicted octanol–water partition coefficient (Wildman–Crippen LogP) is 4.66. The molecule has 9 atom stereocenters. The lowest BCUT2D eigenvalue weighted by atomic mass is 9.44. The molecule has 0 unspecified atom stereocenters. The van der Waals surface area contributed by atoms with Crippen molar-refractivity contribution in [3.8, 4) is 0 Å². The lowest BCUT2D eigenvalue weighted by Gasteiger charge is -2.63. The number of rotatable bonds is 4. The van der Waals surface area contributed by atoms with Gasteiger partial charge in [-0.3, -0.25) is 0 Å². The van der Waals surface area contributed by atoms with Crippen LogP contribution in [-0.4, -0.2) is 45.2 Å². The Balaban J connectivity index is 1.50. The Hall–Kier alpha value is -1.95. The van der Waals surface area contributed by atoms with Gasteiger partial charge >= 0.3 is 5.97 Å². The fourth-order valence-electron chi connectivity index (χ4n) is 8.45. The number of hydrogen-bond donors (Lipinski definition) is 3. The van der Waals surface area contributed by atoms with Crippen molar-refractivity contribution in [2.24, 2.45) is 28.6 Å². The van der Waals surface area contributed by atoms with Gasteiger partial charge in [-0.1, -0.05) is 55.8 Å². The summed E-state index contributed by atoms with van der Waals surface area (Å²) in [5.74, 6) is -0.338. The minimum absolute atomic E-state index is 0.0510. The molecule has 3 fully saturated rings. The van der Waals surface area contributed by atoms with Crippen molar-refractivity contribution in [3.05, 3.63) is 53.6 Å². The molecule has 0 saturated heterocycles. The first-order chi connectivity index (χ1) is 16.6. The number of ether oxygens (including phenoxy) is 1. The summed E-state index contributed by atoms with van der Waals surface area (Å²) in [6.07, 6.45) is 9.20. The average molecular weight is 481 g/mol. The molecule has 0 spiro atoms. The normalized spacial score (nSPS) is 43.6. The highest BCUT2D eigenvalue weighted by molar-refractivity contribution is 5.87. The minimum atomic E-state index is -1.02. The molecule has 1 aromatic rings. The molecule has 0 aromatic heterocycles. The third-order valence-electron chi connectivity index (χ3n) is 10.5. The Morgan fingerprint density at radius 2 is 1.89 bits per heavy atom. The van der Waals surface area contributed by atoms with Crippen LogP contribution in [0.1, 0.15) is 71.3 Å². The van der Waals surface area contributed by atoms with Gasteiger partial charge in [-0.2, -0.15) is 0 Å². The Morgan fingerprint density at radius 1 is 1.14 bits per heavy atom. The molecular formula is C30H40O5. The number of benzene rings is 1. The summed E-state index contributed by atoms with van der Waals surface area (Å²) >= 11 is 0. The van der Waals surface area contributed by atoms with E-state index in [4.69, 9.17) is 4.74 Å². The van der Waals surface area contributed by atoms with Gasteiger partial charge in [0.1, 0.15) is 6.10 Å². The summed E-state index contributed by atoms with van der Waals surface area (Å²) in [4.78, 5) is 13.1. The molecular weight excluding hydrogens is 440 g/mol.